The van der Waals surface area contributed by atoms with Crippen LogP contribution >= 0.6 is 11.6 Å². The number of nitriles is 3. The fraction of sp³-hybridized carbons (Fsp3) is 0.212. The van der Waals surface area contributed by atoms with E-state index in [9.17, 15) is 15.8 Å². The van der Waals surface area contributed by atoms with E-state index in [2.05, 4.69) is 63.8 Å². The highest BCUT2D eigenvalue weighted by Crippen LogP contribution is 2.39. The van der Waals surface area contributed by atoms with E-state index in [1.165, 1.54) is 6.20 Å². The Morgan fingerprint density at radius 3 is 2.61 bits per heavy atom. The minimum absolute atomic E-state index is 0.213. The third-order valence-corrected chi connectivity index (χ3v) is 8.43. The molecule has 4 aromatic rings. The topological polar surface area (TPSA) is 136 Å². The van der Waals surface area contributed by atoms with Gasteiger partial charge in [-0.1, -0.05) is 54.1 Å². The summed E-state index contributed by atoms with van der Waals surface area (Å²) in [5, 5.41) is 39.5. The second kappa shape index (κ2) is 12.2. The number of fused-ring (bicyclic) bond motifs is 1. The molecule has 3 aromatic carbocycles. The van der Waals surface area contributed by atoms with Crippen LogP contribution in [0.25, 0.3) is 10.9 Å². The van der Waals surface area contributed by atoms with Gasteiger partial charge in [0.25, 0.3) is 0 Å². The van der Waals surface area contributed by atoms with Crippen molar-refractivity contribution in [3.05, 3.63) is 112 Å². The van der Waals surface area contributed by atoms with Gasteiger partial charge in [0.2, 0.25) is 0 Å². The Kier molecular flexibility index (Phi) is 8.00. The molecule has 2 atom stereocenters. The van der Waals surface area contributed by atoms with Crippen molar-refractivity contribution in [1.29, 1.82) is 15.8 Å². The van der Waals surface area contributed by atoms with Gasteiger partial charge in [-0.2, -0.15) is 15.8 Å². The van der Waals surface area contributed by atoms with E-state index in [4.69, 9.17) is 11.6 Å². The van der Waals surface area contributed by atoms with Crippen LogP contribution in [0.1, 0.15) is 54.0 Å². The molecule has 0 amide bonds. The second-order valence-corrected chi connectivity index (χ2v) is 11.6. The fourth-order valence-electron chi connectivity index (χ4n) is 5.58. The molecule has 11 heteroatoms. The zero-order chi connectivity index (χ0) is 30.7. The molecule has 1 unspecified atom stereocenters. The summed E-state index contributed by atoms with van der Waals surface area (Å²) in [7, 11) is 2.05. The Labute approximate surface area is 262 Å². The lowest BCUT2D eigenvalue weighted by atomic mass is 9.69. The number of halogens is 1. The van der Waals surface area contributed by atoms with Gasteiger partial charge in [0.05, 0.1) is 56.7 Å². The summed E-state index contributed by atoms with van der Waals surface area (Å²) in [5.41, 5.74) is 11.3. The highest BCUT2D eigenvalue weighted by atomic mass is 35.5. The lowest BCUT2D eigenvalue weighted by molar-refractivity contribution is 0.260. The average Bonchev–Trinajstić information content (AvgIpc) is 3.78. The average molecular weight is 598 g/mol. The molecular weight excluding hydrogens is 569 g/mol. The third kappa shape index (κ3) is 5.72. The molecule has 0 bridgehead atoms. The van der Waals surface area contributed by atoms with E-state index in [0.717, 1.165) is 29.7 Å². The first-order chi connectivity index (χ1) is 21.4. The quantitative estimate of drug-likeness (QED) is 0.179. The molecule has 216 valence electrons. The number of rotatable bonds is 10. The van der Waals surface area contributed by atoms with Crippen LogP contribution in [0.2, 0.25) is 5.02 Å². The van der Waals surface area contributed by atoms with E-state index < -0.39 is 5.44 Å². The molecule has 1 aliphatic carbocycles. The molecule has 2 aliphatic rings. The highest BCUT2D eigenvalue weighted by Gasteiger charge is 2.38. The molecule has 1 fully saturated rings. The van der Waals surface area contributed by atoms with Gasteiger partial charge in [-0.25, -0.2) is 0 Å². The van der Waals surface area contributed by atoms with E-state index in [1.807, 2.05) is 60.7 Å². The summed E-state index contributed by atoms with van der Waals surface area (Å²) in [6.07, 6.45) is 6.73. The molecule has 6 rings (SSSR count). The number of hydrogen-bond donors (Lipinski definition) is 4. The van der Waals surface area contributed by atoms with E-state index in [0.29, 0.717) is 57.3 Å². The molecule has 1 aliphatic heterocycles. The van der Waals surface area contributed by atoms with Crippen molar-refractivity contribution in [3.8, 4) is 18.2 Å². The van der Waals surface area contributed by atoms with Gasteiger partial charge >= 0.3 is 0 Å². The highest BCUT2D eigenvalue weighted by molar-refractivity contribution is 6.36. The van der Waals surface area contributed by atoms with Crippen LogP contribution in [0.15, 0.2) is 84.8 Å². The zero-order valence-corrected chi connectivity index (χ0v) is 24.9. The molecule has 1 saturated carbocycles. The molecule has 1 aromatic heterocycles. The number of hydrogen-bond acceptors (Lipinski definition) is 9. The van der Waals surface area contributed by atoms with Gasteiger partial charge in [-0.15, -0.1) is 5.53 Å². The maximum atomic E-state index is 10.1. The molecule has 0 radical (unpaired) electrons. The second-order valence-electron chi connectivity index (χ2n) is 11.2. The number of nitrogens with zero attached hydrogens (tertiary/aromatic N) is 5. The summed E-state index contributed by atoms with van der Waals surface area (Å²) in [6.45, 7) is 0. The summed E-state index contributed by atoms with van der Waals surface area (Å²) in [6, 6.07) is 28.1. The van der Waals surface area contributed by atoms with Gasteiger partial charge < -0.3 is 16.1 Å². The number of hydrazine groups is 2. The van der Waals surface area contributed by atoms with Crippen molar-refractivity contribution in [2.24, 2.45) is 0 Å². The van der Waals surface area contributed by atoms with Crippen LogP contribution in [0.3, 0.4) is 0 Å². The van der Waals surface area contributed by atoms with Crippen LogP contribution in [-0.4, -0.2) is 23.9 Å². The van der Waals surface area contributed by atoms with Gasteiger partial charge in [0.1, 0.15) is 13.9 Å². The Morgan fingerprint density at radius 2 is 1.89 bits per heavy atom. The van der Waals surface area contributed by atoms with Crippen molar-refractivity contribution in [2.45, 2.75) is 43.2 Å². The normalized spacial score (nSPS) is 16.0. The van der Waals surface area contributed by atoms with Gasteiger partial charge in [0, 0.05) is 35.9 Å². The predicted octanol–water partition coefficient (Wildman–Crippen LogP) is 5.32. The summed E-state index contributed by atoms with van der Waals surface area (Å²) in [5.74, 6) is 0. The molecule has 0 saturated heterocycles. The molecular formula is C33H29BClN9. The van der Waals surface area contributed by atoms with Crippen LogP contribution < -0.4 is 21.6 Å². The van der Waals surface area contributed by atoms with E-state index >= 15 is 0 Å². The maximum absolute atomic E-state index is 10.1. The molecule has 2 heterocycles. The summed E-state index contributed by atoms with van der Waals surface area (Å²) in [4.78, 5) is 4.54. The van der Waals surface area contributed by atoms with Crippen molar-refractivity contribution in [2.75, 3.05) is 10.6 Å². The Morgan fingerprint density at radius 1 is 1.07 bits per heavy atom. The first-order valence-corrected chi connectivity index (χ1v) is 14.8. The number of pyridine rings is 1. The van der Waals surface area contributed by atoms with E-state index in [1.54, 1.807) is 6.07 Å². The summed E-state index contributed by atoms with van der Waals surface area (Å²) >= 11 is 6.87. The van der Waals surface area contributed by atoms with Crippen LogP contribution in [0.5, 0.6) is 0 Å². The molecule has 44 heavy (non-hydrogen) atoms. The number of nitrogens with one attached hydrogen (secondary N) is 4. The van der Waals surface area contributed by atoms with Crippen LogP contribution in [0, 0.1) is 34.0 Å². The minimum Gasteiger partial charge on any atom is -0.378 e. The third-order valence-electron chi connectivity index (χ3n) is 8.14. The van der Waals surface area contributed by atoms with Crippen molar-refractivity contribution >= 4 is 41.7 Å². The lowest BCUT2D eigenvalue weighted by Crippen LogP contribution is -2.45. The van der Waals surface area contributed by atoms with Crippen LogP contribution in [0.4, 0.5) is 11.4 Å². The molecule has 9 nitrogen and oxygen atoms in total. The van der Waals surface area contributed by atoms with Crippen molar-refractivity contribution in [1.82, 2.24) is 21.0 Å². The van der Waals surface area contributed by atoms with Gasteiger partial charge in [0.15, 0.2) is 0 Å². The van der Waals surface area contributed by atoms with E-state index in [-0.39, 0.29) is 6.04 Å². The smallest absolute Gasteiger partial charge is 0.148 e. The fourth-order valence-corrected chi connectivity index (χ4v) is 5.85. The van der Waals surface area contributed by atoms with Gasteiger partial charge in [-0.3, -0.25) is 9.99 Å². The Hall–Kier alpha value is -5.21. The Bertz CT molecular complexity index is 1870. The van der Waals surface area contributed by atoms with Crippen molar-refractivity contribution < 1.29 is 0 Å². The largest absolute Gasteiger partial charge is 0.378 e. The van der Waals surface area contributed by atoms with Crippen LogP contribution in [-0.2, 0) is 5.44 Å². The first kappa shape index (κ1) is 28.9. The maximum Gasteiger partial charge on any atom is 0.148 e. The summed E-state index contributed by atoms with van der Waals surface area (Å²) < 4.78 is 0. The van der Waals surface area contributed by atoms with Crippen molar-refractivity contribution in [3.63, 3.8) is 0 Å². The Balaban J connectivity index is 1.45. The first-order valence-electron chi connectivity index (χ1n) is 14.5. The number of benzene rings is 3. The zero-order valence-electron chi connectivity index (χ0n) is 24.1. The minimum atomic E-state index is -0.798. The monoisotopic (exact) mass is 597 g/mol. The predicted molar refractivity (Wildman–Crippen MR) is 173 cm³/mol. The number of aromatic nitrogens is 1. The molecule has 4 N–H and O–H groups in total. The number of anilines is 2. The van der Waals surface area contributed by atoms with Gasteiger partial charge in [-0.05, 0) is 54.7 Å². The molecule has 0 spiro atoms. The lowest BCUT2D eigenvalue weighted by Gasteiger charge is -2.34. The SMILES string of the molecule is BC(Nc1cc(Cl)c2ncc(C#N)c(N[C@H](CCC#N)c3ccccc3)c2c1)(C1=CN(C2CC2)NN1)c1cccc(C#N)c1. The standard InChI is InChI=1S/C33H29BClN9/c34-33(24-9-4-6-21(14-24)17-37,30-20-44(43-42-30)26-11-12-26)41-25-15-27-31(23(18-38)19-39-32(27)28(35)16-25)40-29(10-5-13-36)22-7-2-1-3-8-22/h1-4,6-9,14-16,19-20,26,29,41-43H,5,10-12,34H2,(H,39,40)/t29-,33?/m1/s1.